The summed E-state index contributed by atoms with van der Waals surface area (Å²) in [6.07, 6.45) is 3.66. The summed E-state index contributed by atoms with van der Waals surface area (Å²) in [7, 11) is 0. The number of rotatable bonds is 2. The molecule has 1 aromatic carbocycles. The lowest BCUT2D eigenvalue weighted by Gasteiger charge is -2.36. The third-order valence-electron chi connectivity index (χ3n) is 4.79. The summed E-state index contributed by atoms with van der Waals surface area (Å²) in [4.78, 5) is 13.5. The van der Waals surface area contributed by atoms with Crippen LogP contribution in [-0.2, 0) is 4.79 Å². The van der Waals surface area contributed by atoms with E-state index in [-0.39, 0.29) is 5.92 Å². The zero-order valence-electron chi connectivity index (χ0n) is 12.5. The monoisotopic (exact) mass is 289 g/mol. The van der Waals surface area contributed by atoms with Crippen molar-refractivity contribution in [3.05, 3.63) is 29.3 Å². The molecule has 114 valence electrons. The lowest BCUT2D eigenvalue weighted by molar-refractivity contribution is -0.143. The molecule has 2 aliphatic heterocycles. The summed E-state index contributed by atoms with van der Waals surface area (Å²) >= 11 is 0. The maximum Gasteiger partial charge on any atom is 0.306 e. The first-order valence-corrected chi connectivity index (χ1v) is 7.86. The van der Waals surface area contributed by atoms with Gasteiger partial charge in [-0.3, -0.25) is 9.69 Å². The molecule has 0 aliphatic carbocycles. The molecule has 1 N–H and O–H groups in total. The number of aryl methyl sites for hydroxylation is 1. The second-order valence-corrected chi connectivity index (χ2v) is 6.15. The molecule has 0 aromatic heterocycles. The summed E-state index contributed by atoms with van der Waals surface area (Å²) in [5.41, 5.74) is 2.47. The second-order valence-electron chi connectivity index (χ2n) is 6.15. The first kappa shape index (κ1) is 14.4. The molecule has 0 spiro atoms. The van der Waals surface area contributed by atoms with Gasteiger partial charge in [-0.2, -0.15) is 0 Å². The van der Waals surface area contributed by atoms with Crippen molar-refractivity contribution in [2.45, 2.75) is 38.6 Å². The Hall–Kier alpha value is -1.55. The molecule has 2 aliphatic rings. The molecule has 4 heteroatoms. The highest BCUT2D eigenvalue weighted by molar-refractivity contribution is 5.70. The van der Waals surface area contributed by atoms with Crippen molar-refractivity contribution >= 4 is 5.97 Å². The minimum absolute atomic E-state index is 0.166. The van der Waals surface area contributed by atoms with Crippen LogP contribution in [0.25, 0.3) is 0 Å². The molecule has 1 aromatic rings. The minimum atomic E-state index is -0.643. The molecule has 0 radical (unpaired) electrons. The fourth-order valence-corrected chi connectivity index (χ4v) is 3.58. The number of carboxylic acid groups (broad SMARTS) is 1. The van der Waals surface area contributed by atoms with Gasteiger partial charge in [0.2, 0.25) is 0 Å². The molecule has 0 amide bonds. The number of hydrogen-bond acceptors (Lipinski definition) is 3. The Morgan fingerprint density at radius 3 is 2.76 bits per heavy atom. The summed E-state index contributed by atoms with van der Waals surface area (Å²) < 4.78 is 5.94. The van der Waals surface area contributed by atoms with Crippen LogP contribution in [0.5, 0.6) is 5.75 Å². The molecule has 1 unspecified atom stereocenters. The zero-order valence-corrected chi connectivity index (χ0v) is 12.5. The Bertz CT molecular complexity index is 521. The van der Waals surface area contributed by atoms with E-state index in [1.54, 1.807) is 0 Å². The predicted molar refractivity (Wildman–Crippen MR) is 80.6 cm³/mol. The Kier molecular flexibility index (Phi) is 4.15. The van der Waals surface area contributed by atoms with Gasteiger partial charge in [0.15, 0.2) is 0 Å². The number of para-hydroxylation sites is 1. The summed E-state index contributed by atoms with van der Waals surface area (Å²) in [6, 6.07) is 6.73. The van der Waals surface area contributed by atoms with E-state index in [1.807, 2.05) is 0 Å². The predicted octanol–water partition coefficient (Wildman–Crippen LogP) is 3.01. The standard InChI is InChI=1S/C17H23NO3/c1-12-4-2-5-14-15(6-3-11-21-16(12)14)18-9-7-13(8-10-18)17(19)20/h2,4-5,13,15H,3,6-11H2,1H3,(H,19,20). The van der Waals surface area contributed by atoms with Crippen molar-refractivity contribution < 1.29 is 14.6 Å². The first-order valence-electron chi connectivity index (χ1n) is 7.86. The van der Waals surface area contributed by atoms with Crippen molar-refractivity contribution in [1.29, 1.82) is 0 Å². The number of ether oxygens (including phenoxy) is 1. The highest BCUT2D eigenvalue weighted by Gasteiger charge is 2.31. The smallest absolute Gasteiger partial charge is 0.306 e. The topological polar surface area (TPSA) is 49.8 Å². The number of piperidine rings is 1. The maximum absolute atomic E-state index is 11.1. The zero-order chi connectivity index (χ0) is 14.8. The van der Waals surface area contributed by atoms with Crippen LogP contribution in [0.1, 0.15) is 42.9 Å². The van der Waals surface area contributed by atoms with Gasteiger partial charge in [-0.15, -0.1) is 0 Å². The van der Waals surface area contributed by atoms with Crippen molar-refractivity contribution in [2.24, 2.45) is 5.92 Å². The van der Waals surface area contributed by atoms with E-state index in [0.717, 1.165) is 51.1 Å². The van der Waals surface area contributed by atoms with Gasteiger partial charge in [-0.1, -0.05) is 18.2 Å². The molecule has 1 saturated heterocycles. The molecular formula is C17H23NO3. The van der Waals surface area contributed by atoms with Crippen molar-refractivity contribution in [2.75, 3.05) is 19.7 Å². The van der Waals surface area contributed by atoms with E-state index in [9.17, 15) is 4.79 Å². The van der Waals surface area contributed by atoms with Crippen LogP contribution < -0.4 is 4.74 Å². The van der Waals surface area contributed by atoms with Gasteiger partial charge in [0.1, 0.15) is 5.75 Å². The summed E-state index contributed by atoms with van der Waals surface area (Å²) in [5.74, 6) is 0.232. The largest absolute Gasteiger partial charge is 0.493 e. The molecule has 3 rings (SSSR count). The van der Waals surface area contributed by atoms with Crippen LogP contribution in [0, 0.1) is 12.8 Å². The number of nitrogens with zero attached hydrogens (tertiary/aromatic N) is 1. The van der Waals surface area contributed by atoms with E-state index in [4.69, 9.17) is 9.84 Å². The number of benzene rings is 1. The number of likely N-dealkylation sites (tertiary alicyclic amines) is 1. The number of carboxylic acids is 1. The van der Waals surface area contributed by atoms with E-state index in [2.05, 4.69) is 30.0 Å². The quantitative estimate of drug-likeness (QED) is 0.909. The first-order chi connectivity index (χ1) is 10.2. The Balaban J connectivity index is 1.80. The van der Waals surface area contributed by atoms with Gasteiger partial charge in [-0.25, -0.2) is 0 Å². The highest BCUT2D eigenvalue weighted by atomic mass is 16.5. The third kappa shape index (κ3) is 2.91. The van der Waals surface area contributed by atoms with Gasteiger partial charge in [-0.05, 0) is 51.3 Å². The Morgan fingerprint density at radius 2 is 2.05 bits per heavy atom. The molecule has 1 atom stereocenters. The molecule has 0 saturated carbocycles. The lowest BCUT2D eigenvalue weighted by Crippen LogP contribution is -2.38. The Morgan fingerprint density at radius 1 is 1.29 bits per heavy atom. The molecular weight excluding hydrogens is 266 g/mol. The number of aliphatic carboxylic acids is 1. The average molecular weight is 289 g/mol. The van der Waals surface area contributed by atoms with Crippen LogP contribution in [0.3, 0.4) is 0 Å². The van der Waals surface area contributed by atoms with Gasteiger partial charge >= 0.3 is 5.97 Å². The SMILES string of the molecule is Cc1cccc2c1OCCCC2N1CCC(C(=O)O)CC1. The maximum atomic E-state index is 11.1. The summed E-state index contributed by atoms with van der Waals surface area (Å²) in [6.45, 7) is 4.61. The fourth-order valence-electron chi connectivity index (χ4n) is 3.58. The molecule has 1 fully saturated rings. The highest BCUT2D eigenvalue weighted by Crippen LogP contribution is 2.39. The Labute approximate surface area is 125 Å². The summed E-state index contributed by atoms with van der Waals surface area (Å²) in [5, 5.41) is 9.14. The average Bonchev–Trinajstić information content (AvgIpc) is 2.71. The minimum Gasteiger partial charge on any atom is -0.493 e. The third-order valence-corrected chi connectivity index (χ3v) is 4.79. The lowest BCUT2D eigenvalue weighted by atomic mass is 9.92. The molecule has 2 heterocycles. The van der Waals surface area contributed by atoms with Crippen LogP contribution in [-0.4, -0.2) is 35.7 Å². The number of hydrogen-bond donors (Lipinski definition) is 1. The fraction of sp³-hybridized carbons (Fsp3) is 0.588. The number of fused-ring (bicyclic) bond motifs is 1. The van der Waals surface area contributed by atoms with E-state index < -0.39 is 5.97 Å². The van der Waals surface area contributed by atoms with E-state index in [1.165, 1.54) is 11.1 Å². The van der Waals surface area contributed by atoms with Crippen LogP contribution in [0.15, 0.2) is 18.2 Å². The van der Waals surface area contributed by atoms with Gasteiger partial charge in [0.05, 0.1) is 12.5 Å². The molecule has 0 bridgehead atoms. The molecule has 21 heavy (non-hydrogen) atoms. The van der Waals surface area contributed by atoms with E-state index in [0.29, 0.717) is 6.04 Å². The normalized spacial score (nSPS) is 24.0. The van der Waals surface area contributed by atoms with Gasteiger partial charge < -0.3 is 9.84 Å². The molecule has 4 nitrogen and oxygen atoms in total. The van der Waals surface area contributed by atoms with Gasteiger partial charge in [0.25, 0.3) is 0 Å². The van der Waals surface area contributed by atoms with Crippen molar-refractivity contribution in [3.63, 3.8) is 0 Å². The van der Waals surface area contributed by atoms with Crippen molar-refractivity contribution in [1.82, 2.24) is 4.90 Å². The van der Waals surface area contributed by atoms with E-state index >= 15 is 0 Å². The van der Waals surface area contributed by atoms with Crippen molar-refractivity contribution in [3.8, 4) is 5.75 Å². The second kappa shape index (κ2) is 6.06. The van der Waals surface area contributed by atoms with Crippen LogP contribution in [0.2, 0.25) is 0 Å². The number of carbonyl (C=O) groups is 1. The van der Waals surface area contributed by atoms with Crippen LogP contribution in [0.4, 0.5) is 0 Å². The van der Waals surface area contributed by atoms with Crippen LogP contribution >= 0.6 is 0 Å². The van der Waals surface area contributed by atoms with Gasteiger partial charge in [0, 0.05) is 11.6 Å².